The van der Waals surface area contributed by atoms with Crippen LogP contribution in [0.1, 0.15) is 10.4 Å². The number of carbonyl (C=O) groups excluding carboxylic acids is 1. The summed E-state index contributed by atoms with van der Waals surface area (Å²) in [4.78, 5) is 23.5. The number of carbonyl (C=O) groups is 1. The number of benzene rings is 2. The van der Waals surface area contributed by atoms with E-state index in [0.29, 0.717) is 11.0 Å². The number of aryl methyl sites for hydroxylation is 2. The Balaban J connectivity index is 2.02. The molecule has 3 aromatic rings. The van der Waals surface area contributed by atoms with E-state index in [1.165, 1.54) is 59.8 Å². The van der Waals surface area contributed by atoms with Gasteiger partial charge in [0.15, 0.2) is 11.5 Å². The molecular weight excluding hydrogens is 388 g/mol. The van der Waals surface area contributed by atoms with Crippen LogP contribution < -0.4 is 14.6 Å². The van der Waals surface area contributed by atoms with Crippen LogP contribution in [-0.4, -0.2) is 37.7 Å². The second-order valence-electron chi connectivity index (χ2n) is 5.95. The molecule has 0 bridgehead atoms. The Hall–Kier alpha value is -3.27. The predicted molar refractivity (Wildman–Crippen MR) is 100 cm³/mol. The van der Waals surface area contributed by atoms with Gasteiger partial charge in [-0.1, -0.05) is 0 Å². The van der Waals surface area contributed by atoms with Crippen molar-refractivity contribution in [3.8, 4) is 11.5 Å². The lowest BCUT2D eigenvalue weighted by Crippen LogP contribution is -2.19. The van der Waals surface area contributed by atoms with Gasteiger partial charge in [-0.25, -0.2) is 9.59 Å². The lowest BCUT2D eigenvalue weighted by atomic mass is 10.2. The maximum Gasteiger partial charge on any atom is 0.339 e. The largest absolute Gasteiger partial charge is 0.493 e. The van der Waals surface area contributed by atoms with Crippen LogP contribution in [0, 0.1) is 0 Å². The lowest BCUT2D eigenvalue weighted by molar-refractivity contribution is 0.0600. The first kappa shape index (κ1) is 19.5. The normalized spacial score (nSPS) is 11.4. The number of nitrogens with zero attached hydrogens (tertiary/aromatic N) is 2. The molecule has 1 heterocycles. The van der Waals surface area contributed by atoms with Crippen molar-refractivity contribution in [2.75, 3.05) is 14.2 Å². The Kier molecular flexibility index (Phi) is 4.90. The van der Waals surface area contributed by atoms with E-state index in [4.69, 9.17) is 8.92 Å². The highest BCUT2D eigenvalue weighted by atomic mass is 32.2. The third kappa shape index (κ3) is 3.22. The van der Waals surface area contributed by atoms with E-state index >= 15 is 0 Å². The molecule has 0 aliphatic rings. The molecule has 0 N–H and O–H groups in total. The van der Waals surface area contributed by atoms with E-state index in [2.05, 4.69) is 4.74 Å². The van der Waals surface area contributed by atoms with Crippen molar-refractivity contribution in [1.82, 2.24) is 9.13 Å². The SMILES string of the molecule is COC(=O)c1ccc(OS(=O)(=O)c2ccc3c(c2)n(C)c(=O)n3C)c(OC)c1. The standard InChI is InChI=1S/C18H18N2O7S/c1-19-13-7-6-12(10-14(13)20(2)18(19)22)28(23,24)27-15-8-5-11(17(21)26-4)9-16(15)25-3/h5-10H,1-4H3. The van der Waals surface area contributed by atoms with Gasteiger partial charge in [-0.2, -0.15) is 8.42 Å². The average molecular weight is 406 g/mol. The van der Waals surface area contributed by atoms with Crippen molar-refractivity contribution in [1.29, 1.82) is 0 Å². The van der Waals surface area contributed by atoms with Crippen LogP contribution in [0.2, 0.25) is 0 Å². The van der Waals surface area contributed by atoms with Crippen LogP contribution >= 0.6 is 0 Å². The molecule has 0 fully saturated rings. The molecule has 0 amide bonds. The third-order valence-corrected chi connectivity index (χ3v) is 5.55. The smallest absolute Gasteiger partial charge is 0.339 e. The van der Waals surface area contributed by atoms with E-state index < -0.39 is 16.1 Å². The average Bonchev–Trinajstić information content (AvgIpc) is 2.91. The zero-order valence-electron chi connectivity index (χ0n) is 15.6. The fourth-order valence-corrected chi connectivity index (χ4v) is 3.75. The van der Waals surface area contributed by atoms with Gasteiger partial charge < -0.3 is 13.7 Å². The second-order valence-corrected chi connectivity index (χ2v) is 7.49. The molecule has 0 saturated heterocycles. The summed E-state index contributed by atoms with van der Waals surface area (Å²) in [6, 6.07) is 8.24. The van der Waals surface area contributed by atoms with Crippen molar-refractivity contribution < 1.29 is 26.9 Å². The summed E-state index contributed by atoms with van der Waals surface area (Å²) >= 11 is 0. The van der Waals surface area contributed by atoms with Gasteiger partial charge in [-0.15, -0.1) is 0 Å². The molecule has 9 nitrogen and oxygen atoms in total. The molecule has 148 valence electrons. The highest BCUT2D eigenvalue weighted by Crippen LogP contribution is 2.31. The molecular formula is C18H18N2O7S. The van der Waals surface area contributed by atoms with Gasteiger partial charge in [0.1, 0.15) is 4.90 Å². The van der Waals surface area contributed by atoms with Crippen molar-refractivity contribution in [2.24, 2.45) is 14.1 Å². The van der Waals surface area contributed by atoms with Crippen LogP contribution in [0.4, 0.5) is 0 Å². The van der Waals surface area contributed by atoms with Gasteiger partial charge in [-0.3, -0.25) is 9.13 Å². The van der Waals surface area contributed by atoms with Gasteiger partial charge in [-0.05, 0) is 36.4 Å². The van der Waals surface area contributed by atoms with Gasteiger partial charge in [0.2, 0.25) is 0 Å². The molecule has 0 aliphatic heterocycles. The first-order valence-electron chi connectivity index (χ1n) is 8.06. The number of aromatic nitrogens is 2. The Labute approximate surface area is 160 Å². The van der Waals surface area contributed by atoms with Gasteiger partial charge in [0, 0.05) is 14.1 Å². The maximum absolute atomic E-state index is 12.7. The summed E-state index contributed by atoms with van der Waals surface area (Å²) in [6.07, 6.45) is 0. The molecule has 0 unspecified atom stereocenters. The molecule has 0 saturated carbocycles. The minimum Gasteiger partial charge on any atom is -0.493 e. The zero-order chi connectivity index (χ0) is 20.6. The Morgan fingerprint density at radius 1 is 0.929 bits per heavy atom. The summed E-state index contributed by atoms with van der Waals surface area (Å²) < 4.78 is 43.2. The predicted octanol–water partition coefficient (Wildman–Crippen LogP) is 1.44. The molecule has 2 aromatic carbocycles. The van der Waals surface area contributed by atoms with Crippen LogP contribution in [-0.2, 0) is 29.0 Å². The first-order valence-corrected chi connectivity index (χ1v) is 9.46. The van der Waals surface area contributed by atoms with E-state index in [0.717, 1.165) is 0 Å². The van der Waals surface area contributed by atoms with Gasteiger partial charge in [0.25, 0.3) is 0 Å². The number of fused-ring (bicyclic) bond motifs is 1. The molecule has 3 rings (SSSR count). The highest BCUT2D eigenvalue weighted by Gasteiger charge is 2.22. The maximum atomic E-state index is 12.7. The van der Waals surface area contributed by atoms with Crippen molar-refractivity contribution >= 4 is 27.1 Å². The number of methoxy groups -OCH3 is 2. The number of rotatable bonds is 5. The summed E-state index contributed by atoms with van der Waals surface area (Å²) in [5, 5.41) is 0. The highest BCUT2D eigenvalue weighted by molar-refractivity contribution is 7.87. The minimum absolute atomic E-state index is 0.0552. The first-order chi connectivity index (χ1) is 13.2. The molecule has 0 aliphatic carbocycles. The molecule has 0 spiro atoms. The number of esters is 1. The van der Waals surface area contributed by atoms with Crippen molar-refractivity contribution in [3.05, 3.63) is 52.4 Å². The summed E-state index contributed by atoms with van der Waals surface area (Å²) in [6.45, 7) is 0. The van der Waals surface area contributed by atoms with Gasteiger partial charge in [0.05, 0.1) is 30.8 Å². The fraction of sp³-hybridized carbons (Fsp3) is 0.222. The third-order valence-electron chi connectivity index (χ3n) is 4.32. The molecule has 28 heavy (non-hydrogen) atoms. The molecule has 1 aromatic heterocycles. The van der Waals surface area contributed by atoms with E-state index in [9.17, 15) is 18.0 Å². The molecule has 0 radical (unpaired) electrons. The fourth-order valence-electron chi connectivity index (χ4n) is 2.79. The lowest BCUT2D eigenvalue weighted by Gasteiger charge is -2.12. The van der Waals surface area contributed by atoms with Crippen LogP contribution in [0.5, 0.6) is 11.5 Å². The van der Waals surface area contributed by atoms with Crippen molar-refractivity contribution in [2.45, 2.75) is 4.90 Å². The van der Waals surface area contributed by atoms with E-state index in [-0.39, 0.29) is 27.6 Å². The van der Waals surface area contributed by atoms with E-state index in [1.807, 2.05) is 0 Å². The minimum atomic E-state index is -4.22. The van der Waals surface area contributed by atoms with E-state index in [1.54, 1.807) is 14.1 Å². The Bertz CT molecular complexity index is 1240. The Morgan fingerprint density at radius 3 is 2.25 bits per heavy atom. The summed E-state index contributed by atoms with van der Waals surface area (Å²) in [5.74, 6) is -0.625. The number of hydrogen-bond donors (Lipinski definition) is 0. The van der Waals surface area contributed by atoms with Crippen molar-refractivity contribution in [3.63, 3.8) is 0 Å². The Morgan fingerprint density at radius 2 is 1.61 bits per heavy atom. The number of imidazole rings is 1. The zero-order valence-corrected chi connectivity index (χ0v) is 16.4. The van der Waals surface area contributed by atoms with Crippen LogP contribution in [0.25, 0.3) is 11.0 Å². The number of ether oxygens (including phenoxy) is 2. The molecule has 10 heteroatoms. The topological polar surface area (TPSA) is 106 Å². The summed E-state index contributed by atoms with van der Waals surface area (Å²) in [7, 11) is 1.49. The van der Waals surface area contributed by atoms with Gasteiger partial charge >= 0.3 is 21.8 Å². The number of hydrogen-bond acceptors (Lipinski definition) is 7. The second kappa shape index (κ2) is 7.04. The molecule has 0 atom stereocenters. The summed E-state index contributed by atoms with van der Waals surface area (Å²) in [5.41, 5.74) is 0.951. The monoisotopic (exact) mass is 406 g/mol. The van der Waals surface area contributed by atoms with Crippen LogP contribution in [0.3, 0.4) is 0 Å². The van der Waals surface area contributed by atoms with Crippen LogP contribution in [0.15, 0.2) is 46.1 Å². The quantitative estimate of drug-likeness (QED) is 0.466.